The molecule has 3 saturated heterocycles. The summed E-state index contributed by atoms with van der Waals surface area (Å²) < 4.78 is 6.36. The third-order valence-corrected chi connectivity index (χ3v) is 10.0. The monoisotopic (exact) mass is 493 g/mol. The molecule has 3 fully saturated rings. The van der Waals surface area contributed by atoms with Gasteiger partial charge in [-0.1, -0.05) is 23.7 Å². The Morgan fingerprint density at radius 3 is 2.66 bits per heavy atom. The van der Waals surface area contributed by atoms with Gasteiger partial charge in [-0.3, -0.25) is 0 Å². The molecule has 0 saturated carbocycles. The summed E-state index contributed by atoms with van der Waals surface area (Å²) in [6.45, 7) is 3.92. The van der Waals surface area contributed by atoms with Gasteiger partial charge in [0.25, 0.3) is 0 Å². The Labute approximate surface area is 213 Å². The maximum Gasteiger partial charge on any atom is 0.318 e. The van der Waals surface area contributed by atoms with E-state index in [1.165, 1.54) is 48.1 Å². The van der Waals surface area contributed by atoms with Gasteiger partial charge in [0.1, 0.15) is 12.4 Å². The van der Waals surface area contributed by atoms with Crippen LogP contribution in [0.25, 0.3) is 0 Å². The molecule has 2 aliphatic carbocycles. The highest BCUT2D eigenvalue weighted by atomic mass is 35.5. The lowest BCUT2D eigenvalue weighted by Gasteiger charge is -2.41. The summed E-state index contributed by atoms with van der Waals surface area (Å²) in [5.41, 5.74) is 5.53. The molecule has 7 heteroatoms. The van der Waals surface area contributed by atoms with E-state index >= 15 is 0 Å². The Morgan fingerprint density at radius 1 is 1.09 bits per heavy atom. The minimum absolute atomic E-state index is 0.143. The summed E-state index contributed by atoms with van der Waals surface area (Å²) in [7, 11) is 2.20. The summed E-state index contributed by atoms with van der Waals surface area (Å²) in [5, 5.41) is 4.56. The number of anilines is 1. The number of nitrogens with zero attached hydrogens (tertiary/aromatic N) is 4. The topological polar surface area (TPSA) is 53.5 Å². The molecule has 1 aromatic heterocycles. The van der Waals surface area contributed by atoms with Crippen LogP contribution in [-0.2, 0) is 24.7 Å². The quantitative estimate of drug-likeness (QED) is 0.696. The maximum absolute atomic E-state index is 6.62. The fraction of sp³-hybridized carbons (Fsp3) is 0.643. The fourth-order valence-corrected chi connectivity index (χ4v) is 7.95. The molecule has 3 aliphatic heterocycles. The summed E-state index contributed by atoms with van der Waals surface area (Å²) in [6, 6.07) is 8.59. The van der Waals surface area contributed by atoms with Crippen molar-refractivity contribution in [2.24, 2.45) is 0 Å². The predicted octanol–water partition coefficient (Wildman–Crippen LogP) is 3.92. The first-order valence-corrected chi connectivity index (χ1v) is 14.0. The van der Waals surface area contributed by atoms with Crippen LogP contribution in [-0.4, -0.2) is 66.3 Å². The lowest BCUT2D eigenvalue weighted by Crippen LogP contribution is -2.53. The first-order valence-electron chi connectivity index (χ1n) is 13.6. The molecule has 0 amide bonds. The zero-order valence-electron chi connectivity index (χ0n) is 20.7. The molecular weight excluding hydrogens is 458 g/mol. The van der Waals surface area contributed by atoms with Gasteiger partial charge in [-0.15, -0.1) is 0 Å². The lowest BCUT2D eigenvalue weighted by molar-refractivity contribution is 0.186. The van der Waals surface area contributed by atoms with Gasteiger partial charge in [0, 0.05) is 47.2 Å². The summed E-state index contributed by atoms with van der Waals surface area (Å²) in [4.78, 5) is 15.3. The van der Waals surface area contributed by atoms with Crippen LogP contribution in [0.15, 0.2) is 18.2 Å². The van der Waals surface area contributed by atoms with Crippen molar-refractivity contribution in [2.75, 3.05) is 38.2 Å². The van der Waals surface area contributed by atoms with Crippen LogP contribution in [0.4, 0.5) is 5.82 Å². The van der Waals surface area contributed by atoms with E-state index in [1.54, 1.807) is 0 Å². The van der Waals surface area contributed by atoms with E-state index in [0.717, 1.165) is 62.6 Å². The second-order valence-corrected chi connectivity index (χ2v) is 11.9. The van der Waals surface area contributed by atoms with Gasteiger partial charge in [0.2, 0.25) is 0 Å². The maximum atomic E-state index is 6.62. The summed E-state index contributed by atoms with van der Waals surface area (Å²) in [5.74, 6) is 1.16. The number of rotatable bonds is 4. The number of aromatic nitrogens is 2. The number of fused-ring (bicyclic) bond motifs is 5. The minimum Gasteiger partial charge on any atom is -0.462 e. The van der Waals surface area contributed by atoms with Gasteiger partial charge in [0.15, 0.2) is 0 Å². The molecule has 6 nitrogen and oxygen atoms in total. The predicted molar refractivity (Wildman–Crippen MR) is 139 cm³/mol. The molecule has 4 heterocycles. The van der Waals surface area contributed by atoms with Crippen LogP contribution in [0.2, 0.25) is 5.02 Å². The van der Waals surface area contributed by atoms with Gasteiger partial charge in [-0.2, -0.15) is 9.97 Å². The van der Waals surface area contributed by atoms with Crippen molar-refractivity contribution in [3.8, 4) is 6.01 Å². The van der Waals surface area contributed by atoms with Crippen molar-refractivity contribution in [3.63, 3.8) is 0 Å². The Hall–Kier alpha value is -1.89. The van der Waals surface area contributed by atoms with E-state index in [1.807, 2.05) is 6.07 Å². The number of hydrogen-bond acceptors (Lipinski definition) is 6. The van der Waals surface area contributed by atoms with E-state index in [4.69, 9.17) is 26.3 Å². The molecule has 186 valence electrons. The number of hydrogen-bond donors (Lipinski definition) is 1. The number of piperazine rings is 1. The summed E-state index contributed by atoms with van der Waals surface area (Å²) in [6.07, 6.45) is 10.3. The second kappa shape index (κ2) is 8.60. The van der Waals surface area contributed by atoms with Crippen LogP contribution in [0.1, 0.15) is 60.9 Å². The van der Waals surface area contributed by atoms with Crippen LogP contribution in [0, 0.1) is 0 Å². The van der Waals surface area contributed by atoms with Crippen molar-refractivity contribution >= 4 is 17.4 Å². The SMILES string of the molecule is CN1CCC[C@H]1COc1nc2c(c(N3C4CCC3CNC4)n1)CCC1(CCc3c(Cl)cccc31)C2. The Balaban J connectivity index is 1.26. The van der Waals surface area contributed by atoms with Crippen LogP contribution in [0.3, 0.4) is 0 Å². The molecule has 7 rings (SSSR count). The van der Waals surface area contributed by atoms with Crippen LogP contribution >= 0.6 is 11.6 Å². The number of nitrogens with one attached hydrogen (secondary N) is 1. The van der Waals surface area contributed by atoms with Gasteiger partial charge >= 0.3 is 6.01 Å². The zero-order chi connectivity index (χ0) is 23.6. The number of likely N-dealkylation sites (N-methyl/N-ethyl adjacent to an activating group) is 1. The van der Waals surface area contributed by atoms with E-state index in [-0.39, 0.29) is 5.41 Å². The van der Waals surface area contributed by atoms with Gasteiger partial charge < -0.3 is 19.9 Å². The number of likely N-dealkylation sites (tertiary alicyclic amines) is 1. The number of ether oxygens (including phenoxy) is 1. The number of halogens is 1. The fourth-order valence-electron chi connectivity index (χ4n) is 7.69. The Bertz CT molecular complexity index is 1120. The van der Waals surface area contributed by atoms with Crippen molar-refractivity contribution < 1.29 is 4.74 Å². The highest BCUT2D eigenvalue weighted by molar-refractivity contribution is 6.31. The van der Waals surface area contributed by atoms with Gasteiger partial charge in [0.05, 0.1) is 5.69 Å². The normalized spacial score (nSPS) is 31.7. The highest BCUT2D eigenvalue weighted by Gasteiger charge is 2.45. The molecule has 2 bridgehead atoms. The third kappa shape index (κ3) is 3.67. The highest BCUT2D eigenvalue weighted by Crippen LogP contribution is 2.50. The average Bonchev–Trinajstić information content (AvgIpc) is 3.51. The average molecular weight is 494 g/mol. The van der Waals surface area contributed by atoms with Gasteiger partial charge in [-0.25, -0.2) is 0 Å². The Kier molecular flexibility index (Phi) is 5.48. The standard InChI is InChI=1S/C28H36ClN5O/c1-33-13-3-4-20(33)17-35-27-31-25-14-28(11-9-21-23(28)5-2-6-24(21)29)12-10-22(25)26(32-27)34-18-7-8-19(34)16-30-15-18/h2,5-6,18-20,30H,3-4,7-17H2,1H3/t18?,19?,20-,28?/m0/s1. The molecule has 4 atom stereocenters. The van der Waals surface area contributed by atoms with Crippen molar-refractivity contribution in [2.45, 2.75) is 81.3 Å². The van der Waals surface area contributed by atoms with E-state index in [9.17, 15) is 0 Å². The molecule has 5 aliphatic rings. The molecule has 0 radical (unpaired) electrons. The molecule has 3 unspecified atom stereocenters. The van der Waals surface area contributed by atoms with Gasteiger partial charge in [-0.05, 0) is 88.6 Å². The van der Waals surface area contributed by atoms with Crippen molar-refractivity contribution in [1.82, 2.24) is 20.2 Å². The van der Waals surface area contributed by atoms with Crippen LogP contribution in [0.5, 0.6) is 6.01 Å². The Morgan fingerprint density at radius 2 is 1.89 bits per heavy atom. The van der Waals surface area contributed by atoms with Crippen LogP contribution < -0.4 is 15.0 Å². The molecule has 1 N–H and O–H groups in total. The van der Waals surface area contributed by atoms with E-state index in [0.29, 0.717) is 30.7 Å². The molecule has 35 heavy (non-hydrogen) atoms. The molecular formula is C28H36ClN5O. The third-order valence-electron chi connectivity index (χ3n) is 9.65. The molecule has 2 aromatic rings. The first-order chi connectivity index (χ1) is 17.1. The largest absolute Gasteiger partial charge is 0.462 e. The van der Waals surface area contributed by atoms with Crippen molar-refractivity contribution in [1.29, 1.82) is 0 Å². The zero-order valence-corrected chi connectivity index (χ0v) is 21.5. The van der Waals surface area contributed by atoms with E-state index < -0.39 is 0 Å². The lowest BCUT2D eigenvalue weighted by atomic mass is 9.69. The minimum atomic E-state index is 0.143. The molecule has 1 aromatic carbocycles. The smallest absolute Gasteiger partial charge is 0.318 e. The van der Waals surface area contributed by atoms with E-state index in [2.05, 4.69) is 34.3 Å². The first kappa shape index (κ1) is 22.3. The molecule has 1 spiro atoms. The second-order valence-electron chi connectivity index (χ2n) is 11.5. The van der Waals surface area contributed by atoms with Crippen molar-refractivity contribution in [3.05, 3.63) is 45.6 Å². The summed E-state index contributed by atoms with van der Waals surface area (Å²) >= 11 is 6.62. The number of benzene rings is 1.